The van der Waals surface area contributed by atoms with Gasteiger partial charge < -0.3 is 10.2 Å². The molecule has 0 saturated carbocycles. The standard InChI is InChI=1S/C22H22ClN5O4/c23-15-7-8-18(24-12-15)25-20(30)14-4-3-10-27(13-14)19(29)9-11-28-22(32)17-6-2-1-5-16(17)21(31)26-28/h1-2,5-8,12,14H,3-4,9-11,13H2,(H,26,31)(H,24,25,30). The van der Waals surface area contributed by atoms with Crippen LogP contribution in [0.1, 0.15) is 19.3 Å². The number of carbonyl (C=O) groups excluding carboxylic acids is 2. The summed E-state index contributed by atoms with van der Waals surface area (Å²) < 4.78 is 1.17. The van der Waals surface area contributed by atoms with Crippen LogP contribution < -0.4 is 16.4 Å². The third kappa shape index (κ3) is 4.72. The molecule has 9 nitrogen and oxygen atoms in total. The highest BCUT2D eigenvalue weighted by molar-refractivity contribution is 6.30. The molecule has 0 spiro atoms. The highest BCUT2D eigenvalue weighted by Crippen LogP contribution is 2.19. The van der Waals surface area contributed by atoms with Gasteiger partial charge in [0.05, 0.1) is 28.3 Å². The van der Waals surface area contributed by atoms with Crippen LogP contribution in [0.3, 0.4) is 0 Å². The van der Waals surface area contributed by atoms with Gasteiger partial charge in [-0.25, -0.2) is 9.67 Å². The normalized spacial score (nSPS) is 16.2. The van der Waals surface area contributed by atoms with E-state index >= 15 is 0 Å². The first-order chi connectivity index (χ1) is 15.4. The Kier molecular flexibility index (Phi) is 6.36. The lowest BCUT2D eigenvalue weighted by molar-refractivity contribution is -0.134. The zero-order chi connectivity index (χ0) is 22.7. The fourth-order valence-corrected chi connectivity index (χ4v) is 3.98. The number of anilines is 1. The Bertz CT molecular complexity index is 1270. The number of fused-ring (bicyclic) bond motifs is 1. The van der Waals surface area contributed by atoms with Crippen molar-refractivity contribution in [1.29, 1.82) is 0 Å². The van der Waals surface area contributed by atoms with Gasteiger partial charge in [0, 0.05) is 25.7 Å². The Morgan fingerprint density at radius 1 is 1.16 bits per heavy atom. The van der Waals surface area contributed by atoms with Gasteiger partial charge in [-0.05, 0) is 37.1 Å². The van der Waals surface area contributed by atoms with Crippen molar-refractivity contribution < 1.29 is 9.59 Å². The summed E-state index contributed by atoms with van der Waals surface area (Å²) in [5, 5.41) is 6.40. The van der Waals surface area contributed by atoms with E-state index in [2.05, 4.69) is 15.4 Å². The first-order valence-corrected chi connectivity index (χ1v) is 10.7. The Morgan fingerprint density at radius 3 is 2.69 bits per heavy atom. The number of aromatic amines is 1. The molecule has 0 aliphatic carbocycles. The molecule has 1 fully saturated rings. The van der Waals surface area contributed by atoms with Crippen LogP contribution in [0.2, 0.25) is 5.02 Å². The predicted octanol–water partition coefficient (Wildman–Crippen LogP) is 2.01. The number of hydrogen-bond acceptors (Lipinski definition) is 5. The molecule has 1 aromatic carbocycles. The van der Waals surface area contributed by atoms with Crippen LogP contribution in [-0.2, 0) is 16.1 Å². The average molecular weight is 456 g/mol. The molecule has 2 N–H and O–H groups in total. The predicted molar refractivity (Wildman–Crippen MR) is 121 cm³/mol. The molecule has 32 heavy (non-hydrogen) atoms. The Morgan fingerprint density at radius 2 is 1.94 bits per heavy atom. The van der Waals surface area contributed by atoms with Crippen LogP contribution in [0.25, 0.3) is 10.8 Å². The summed E-state index contributed by atoms with van der Waals surface area (Å²) in [7, 11) is 0. The fourth-order valence-electron chi connectivity index (χ4n) is 3.87. The maximum atomic E-state index is 12.8. The topological polar surface area (TPSA) is 117 Å². The maximum Gasteiger partial charge on any atom is 0.273 e. The van der Waals surface area contributed by atoms with Crippen LogP contribution >= 0.6 is 11.6 Å². The van der Waals surface area contributed by atoms with Crippen LogP contribution in [-0.4, -0.2) is 44.6 Å². The molecule has 1 saturated heterocycles. The second-order valence-corrected chi connectivity index (χ2v) is 8.16. The van der Waals surface area contributed by atoms with Crippen LogP contribution in [0.5, 0.6) is 0 Å². The highest BCUT2D eigenvalue weighted by Gasteiger charge is 2.28. The summed E-state index contributed by atoms with van der Waals surface area (Å²) in [6, 6.07) is 9.82. The van der Waals surface area contributed by atoms with Crippen molar-refractivity contribution >= 4 is 40.0 Å². The first-order valence-electron chi connectivity index (χ1n) is 10.3. The van der Waals surface area contributed by atoms with E-state index in [4.69, 9.17) is 11.6 Å². The second-order valence-electron chi connectivity index (χ2n) is 7.72. The van der Waals surface area contributed by atoms with E-state index in [0.717, 1.165) is 0 Å². The van der Waals surface area contributed by atoms with Gasteiger partial charge in [-0.15, -0.1) is 0 Å². The zero-order valence-corrected chi connectivity index (χ0v) is 18.0. The Hall–Kier alpha value is -3.46. The monoisotopic (exact) mass is 455 g/mol. The largest absolute Gasteiger partial charge is 0.342 e. The summed E-state index contributed by atoms with van der Waals surface area (Å²) in [4.78, 5) is 55.9. The van der Waals surface area contributed by atoms with Gasteiger partial charge in [0.15, 0.2) is 0 Å². The molecule has 2 amide bonds. The minimum Gasteiger partial charge on any atom is -0.342 e. The molecular formula is C22H22ClN5O4. The number of amides is 2. The summed E-state index contributed by atoms with van der Waals surface area (Å²) in [5.74, 6) is -0.323. The van der Waals surface area contributed by atoms with E-state index in [0.29, 0.717) is 47.5 Å². The fraction of sp³-hybridized carbons (Fsp3) is 0.318. The van der Waals surface area contributed by atoms with Crippen molar-refractivity contribution in [2.45, 2.75) is 25.8 Å². The number of pyridine rings is 1. The molecular weight excluding hydrogens is 434 g/mol. The number of benzene rings is 1. The van der Waals surface area contributed by atoms with Gasteiger partial charge in [-0.2, -0.15) is 0 Å². The van der Waals surface area contributed by atoms with E-state index in [1.165, 1.54) is 10.9 Å². The Labute approximate surface area is 188 Å². The van der Waals surface area contributed by atoms with E-state index in [1.807, 2.05) is 0 Å². The van der Waals surface area contributed by atoms with E-state index < -0.39 is 0 Å². The second kappa shape index (κ2) is 9.35. The van der Waals surface area contributed by atoms with Gasteiger partial charge in [-0.3, -0.25) is 24.3 Å². The molecule has 4 rings (SSSR count). The number of carbonyl (C=O) groups is 2. The lowest BCUT2D eigenvalue weighted by Gasteiger charge is -2.32. The van der Waals surface area contributed by atoms with Crippen molar-refractivity contribution in [2.24, 2.45) is 5.92 Å². The van der Waals surface area contributed by atoms with Gasteiger partial charge in [0.1, 0.15) is 5.82 Å². The van der Waals surface area contributed by atoms with Crippen LogP contribution in [0.4, 0.5) is 5.82 Å². The van der Waals surface area contributed by atoms with E-state index in [1.54, 1.807) is 41.3 Å². The average Bonchev–Trinajstić information content (AvgIpc) is 2.82. The number of rotatable bonds is 5. The van der Waals surface area contributed by atoms with Crippen molar-refractivity contribution in [3.05, 3.63) is 68.3 Å². The molecule has 3 heterocycles. The number of aryl methyl sites for hydroxylation is 1. The lowest BCUT2D eigenvalue weighted by Crippen LogP contribution is -2.44. The minimum absolute atomic E-state index is 0.0429. The number of nitrogens with zero attached hydrogens (tertiary/aromatic N) is 3. The van der Waals surface area contributed by atoms with E-state index in [9.17, 15) is 19.2 Å². The molecule has 1 aliphatic heterocycles. The summed E-state index contributed by atoms with van der Waals surface area (Å²) in [6.07, 6.45) is 2.86. The first kappa shape index (κ1) is 21.8. The van der Waals surface area contributed by atoms with Gasteiger partial charge in [0.25, 0.3) is 11.1 Å². The molecule has 3 aromatic rings. The number of halogens is 1. The number of hydrogen-bond donors (Lipinski definition) is 2. The van der Waals surface area contributed by atoms with Crippen molar-refractivity contribution in [3.8, 4) is 0 Å². The SMILES string of the molecule is O=C(Nc1ccc(Cl)cn1)C1CCCN(C(=O)CCn2[nH]c(=O)c3ccccc3c2=O)C1. The van der Waals surface area contributed by atoms with Gasteiger partial charge in [-0.1, -0.05) is 23.7 Å². The maximum absolute atomic E-state index is 12.8. The highest BCUT2D eigenvalue weighted by atomic mass is 35.5. The molecule has 1 aliphatic rings. The molecule has 166 valence electrons. The minimum atomic E-state index is -0.377. The van der Waals surface area contributed by atoms with Gasteiger partial charge >= 0.3 is 0 Å². The van der Waals surface area contributed by atoms with Crippen molar-refractivity contribution in [3.63, 3.8) is 0 Å². The smallest absolute Gasteiger partial charge is 0.273 e. The molecule has 10 heteroatoms. The number of likely N-dealkylation sites (tertiary alicyclic amines) is 1. The third-order valence-electron chi connectivity index (χ3n) is 5.56. The molecule has 1 unspecified atom stereocenters. The third-order valence-corrected chi connectivity index (χ3v) is 5.78. The Balaban J connectivity index is 1.38. The number of H-pyrrole nitrogens is 1. The van der Waals surface area contributed by atoms with Crippen LogP contribution in [0, 0.1) is 5.92 Å². The van der Waals surface area contributed by atoms with Crippen molar-refractivity contribution in [1.82, 2.24) is 19.7 Å². The molecule has 0 radical (unpaired) electrons. The van der Waals surface area contributed by atoms with E-state index in [-0.39, 0.29) is 41.8 Å². The number of piperidine rings is 1. The number of nitrogens with one attached hydrogen (secondary N) is 2. The summed E-state index contributed by atoms with van der Waals surface area (Å²) in [5.41, 5.74) is -0.725. The van der Waals surface area contributed by atoms with Gasteiger partial charge in [0.2, 0.25) is 11.8 Å². The molecule has 2 aromatic heterocycles. The molecule has 0 bridgehead atoms. The summed E-state index contributed by atoms with van der Waals surface area (Å²) >= 11 is 5.81. The van der Waals surface area contributed by atoms with Crippen LogP contribution in [0.15, 0.2) is 52.2 Å². The quantitative estimate of drug-likeness (QED) is 0.610. The lowest BCUT2D eigenvalue weighted by atomic mass is 9.97. The molecule has 1 atom stereocenters. The van der Waals surface area contributed by atoms with Crippen molar-refractivity contribution in [2.75, 3.05) is 18.4 Å². The zero-order valence-electron chi connectivity index (χ0n) is 17.2. The summed E-state index contributed by atoms with van der Waals surface area (Å²) in [6.45, 7) is 0.895. The number of aromatic nitrogens is 3.